The van der Waals surface area contributed by atoms with Crippen molar-refractivity contribution < 1.29 is 18.5 Å². The van der Waals surface area contributed by atoms with Gasteiger partial charge in [0.15, 0.2) is 0 Å². The number of rotatable bonds is 7. The van der Waals surface area contributed by atoms with Gasteiger partial charge >= 0.3 is 7.60 Å². The van der Waals surface area contributed by atoms with Crippen molar-refractivity contribution in [1.82, 2.24) is 0 Å². The van der Waals surface area contributed by atoms with Gasteiger partial charge in [-0.05, 0) is 25.5 Å². The number of allylic oxidation sites excluding steroid dienone is 1. The minimum absolute atomic E-state index is 0.116. The molecule has 112 valence electrons. The molecular formula is C13H15N2O5P. The summed E-state index contributed by atoms with van der Waals surface area (Å²) in [6.07, 6.45) is 1.28. The number of hydrogen-bond acceptors (Lipinski definition) is 6. The second kappa shape index (κ2) is 7.70. The van der Waals surface area contributed by atoms with E-state index in [0.717, 1.165) is 0 Å². The number of nitro benzene ring substituents is 1. The molecule has 0 amide bonds. The third kappa shape index (κ3) is 4.50. The van der Waals surface area contributed by atoms with Crippen LogP contribution in [0.3, 0.4) is 0 Å². The number of hydrogen-bond donors (Lipinski definition) is 0. The Morgan fingerprint density at radius 3 is 2.52 bits per heavy atom. The molecule has 0 aromatic heterocycles. The van der Waals surface area contributed by atoms with Crippen molar-refractivity contribution in [3.05, 3.63) is 45.3 Å². The third-order valence-corrected chi connectivity index (χ3v) is 4.41. The fourth-order valence-corrected chi connectivity index (χ4v) is 3.04. The minimum atomic E-state index is -3.70. The first kappa shape index (κ1) is 17.1. The van der Waals surface area contributed by atoms with Crippen LogP contribution in [0.1, 0.15) is 19.4 Å². The van der Waals surface area contributed by atoms with Crippen molar-refractivity contribution in [3.63, 3.8) is 0 Å². The third-order valence-electron chi connectivity index (χ3n) is 2.39. The maximum absolute atomic E-state index is 12.5. The molecule has 0 unspecified atom stereocenters. The highest BCUT2D eigenvalue weighted by molar-refractivity contribution is 7.59. The first-order valence-electron chi connectivity index (χ1n) is 6.22. The van der Waals surface area contributed by atoms with Gasteiger partial charge in [-0.1, -0.05) is 12.1 Å². The molecular weight excluding hydrogens is 295 g/mol. The molecule has 0 saturated heterocycles. The Bertz CT molecular complexity index is 626. The smallest absolute Gasteiger partial charge is 0.305 e. The van der Waals surface area contributed by atoms with Crippen molar-refractivity contribution in [2.24, 2.45) is 0 Å². The van der Waals surface area contributed by atoms with Crippen LogP contribution in [0.2, 0.25) is 0 Å². The van der Waals surface area contributed by atoms with Crippen LogP contribution in [-0.2, 0) is 13.6 Å². The van der Waals surface area contributed by atoms with Crippen LogP contribution in [-0.4, -0.2) is 18.1 Å². The zero-order chi connectivity index (χ0) is 15.9. The lowest BCUT2D eigenvalue weighted by molar-refractivity contribution is -0.384. The second-order valence-corrected chi connectivity index (χ2v) is 5.82. The maximum Gasteiger partial charge on any atom is 0.371 e. The SMILES string of the molecule is CCOP(=O)(OCC)C(C#N)=Cc1cccc([N+](=O)[O-])c1. The number of nitrogens with zero attached hydrogens (tertiary/aromatic N) is 2. The van der Waals surface area contributed by atoms with Gasteiger partial charge in [-0.15, -0.1) is 0 Å². The molecule has 0 saturated carbocycles. The fourth-order valence-electron chi connectivity index (χ4n) is 1.57. The van der Waals surface area contributed by atoms with Crippen LogP contribution in [0.4, 0.5) is 5.69 Å². The predicted octanol–water partition coefficient (Wildman–Crippen LogP) is 3.73. The molecule has 0 spiro atoms. The molecule has 7 nitrogen and oxygen atoms in total. The Morgan fingerprint density at radius 2 is 2.05 bits per heavy atom. The summed E-state index contributed by atoms with van der Waals surface area (Å²) in [4.78, 5) is 10.2. The molecule has 21 heavy (non-hydrogen) atoms. The van der Waals surface area contributed by atoms with E-state index in [4.69, 9.17) is 9.05 Å². The molecule has 0 aliphatic heterocycles. The van der Waals surface area contributed by atoms with Gasteiger partial charge in [-0.25, -0.2) is 0 Å². The van der Waals surface area contributed by atoms with Gasteiger partial charge in [-0.2, -0.15) is 5.26 Å². The van der Waals surface area contributed by atoms with Crippen LogP contribution < -0.4 is 0 Å². The lowest BCUT2D eigenvalue weighted by Crippen LogP contribution is -1.98. The highest BCUT2D eigenvalue weighted by atomic mass is 31.2. The first-order chi connectivity index (χ1) is 9.96. The molecule has 8 heteroatoms. The van der Waals surface area contributed by atoms with E-state index in [1.165, 1.54) is 24.3 Å². The number of non-ortho nitro benzene ring substituents is 1. The fraction of sp³-hybridized carbons (Fsp3) is 0.308. The topological polar surface area (TPSA) is 102 Å². The summed E-state index contributed by atoms with van der Waals surface area (Å²) in [5, 5.41) is 19.7. The number of nitro groups is 1. The standard InChI is InChI=1S/C13H15N2O5P/c1-3-19-21(18,20-4-2)13(10-14)9-11-6-5-7-12(8-11)15(16)17/h5-9H,3-4H2,1-2H3. The van der Waals surface area contributed by atoms with E-state index in [2.05, 4.69) is 0 Å². The lowest BCUT2D eigenvalue weighted by atomic mass is 10.2. The Kier molecular flexibility index (Phi) is 6.25. The van der Waals surface area contributed by atoms with E-state index in [-0.39, 0.29) is 24.2 Å². The lowest BCUT2D eigenvalue weighted by Gasteiger charge is -2.15. The molecule has 0 aliphatic carbocycles. The molecule has 1 aromatic carbocycles. The number of benzene rings is 1. The van der Waals surface area contributed by atoms with E-state index >= 15 is 0 Å². The molecule has 0 radical (unpaired) electrons. The molecule has 0 aliphatic rings. The highest BCUT2D eigenvalue weighted by Gasteiger charge is 2.29. The van der Waals surface area contributed by atoms with Gasteiger partial charge in [-0.3, -0.25) is 14.7 Å². The Hall–Kier alpha value is -2.00. The van der Waals surface area contributed by atoms with E-state index in [9.17, 15) is 19.9 Å². The van der Waals surface area contributed by atoms with E-state index in [1.54, 1.807) is 26.0 Å². The van der Waals surface area contributed by atoms with Crippen molar-refractivity contribution in [2.75, 3.05) is 13.2 Å². The molecule has 1 rings (SSSR count). The summed E-state index contributed by atoms with van der Waals surface area (Å²) >= 11 is 0. The average molecular weight is 310 g/mol. The monoisotopic (exact) mass is 310 g/mol. The largest absolute Gasteiger partial charge is 0.371 e. The zero-order valence-electron chi connectivity index (χ0n) is 11.7. The zero-order valence-corrected chi connectivity index (χ0v) is 12.6. The van der Waals surface area contributed by atoms with Crippen LogP contribution in [0.15, 0.2) is 29.6 Å². The van der Waals surface area contributed by atoms with Gasteiger partial charge < -0.3 is 9.05 Å². The summed E-state index contributed by atoms with van der Waals surface area (Å²) in [5.41, 5.74) is 0.254. The van der Waals surface area contributed by atoms with Crippen molar-refractivity contribution in [3.8, 4) is 6.07 Å². The predicted molar refractivity (Wildman–Crippen MR) is 77.5 cm³/mol. The minimum Gasteiger partial charge on any atom is -0.305 e. The normalized spacial score (nSPS) is 12.0. The van der Waals surface area contributed by atoms with Gasteiger partial charge in [0.1, 0.15) is 11.4 Å². The molecule has 0 fully saturated rings. The summed E-state index contributed by atoms with van der Waals surface area (Å²) in [6, 6.07) is 7.43. The first-order valence-corrected chi connectivity index (χ1v) is 7.77. The quantitative estimate of drug-likeness (QED) is 0.329. The maximum atomic E-state index is 12.5. The van der Waals surface area contributed by atoms with E-state index in [1.807, 2.05) is 0 Å². The summed E-state index contributed by atoms with van der Waals surface area (Å²) in [6.45, 7) is 3.50. The molecule has 0 heterocycles. The van der Waals surface area contributed by atoms with Crippen molar-refractivity contribution >= 4 is 19.4 Å². The summed E-state index contributed by atoms with van der Waals surface area (Å²) < 4.78 is 22.7. The highest BCUT2D eigenvalue weighted by Crippen LogP contribution is 2.56. The molecule has 0 bridgehead atoms. The number of nitriles is 1. The van der Waals surface area contributed by atoms with Gasteiger partial charge in [0.05, 0.1) is 18.1 Å². The van der Waals surface area contributed by atoms with Crippen molar-refractivity contribution in [2.45, 2.75) is 13.8 Å². The van der Waals surface area contributed by atoms with Crippen LogP contribution in [0.25, 0.3) is 6.08 Å². The van der Waals surface area contributed by atoms with Gasteiger partial charge in [0.2, 0.25) is 0 Å². The van der Waals surface area contributed by atoms with Crippen LogP contribution in [0.5, 0.6) is 0 Å². The Balaban J connectivity index is 3.25. The summed E-state index contributed by atoms with van der Waals surface area (Å²) in [7, 11) is -3.70. The Morgan fingerprint density at radius 1 is 1.43 bits per heavy atom. The second-order valence-electron chi connectivity index (χ2n) is 3.83. The summed E-state index contributed by atoms with van der Waals surface area (Å²) in [5.74, 6) is 0. The van der Waals surface area contributed by atoms with Crippen molar-refractivity contribution in [1.29, 1.82) is 5.26 Å². The van der Waals surface area contributed by atoms with Gasteiger partial charge in [0, 0.05) is 12.1 Å². The molecule has 1 aromatic rings. The van der Waals surface area contributed by atoms with Crippen LogP contribution >= 0.6 is 7.60 Å². The van der Waals surface area contributed by atoms with E-state index in [0.29, 0.717) is 5.56 Å². The van der Waals surface area contributed by atoms with Crippen LogP contribution in [0, 0.1) is 21.4 Å². The Labute approximate surface area is 122 Å². The molecule has 0 N–H and O–H groups in total. The average Bonchev–Trinajstić information content (AvgIpc) is 2.45. The van der Waals surface area contributed by atoms with Gasteiger partial charge in [0.25, 0.3) is 5.69 Å². The molecule has 0 atom stereocenters. The van der Waals surface area contributed by atoms with E-state index < -0.39 is 12.5 Å².